The minimum atomic E-state index is -0.00968. The molecule has 5 heteroatoms. The lowest BCUT2D eigenvalue weighted by atomic mass is 10.2. The Hall–Kier alpha value is -1.65. The molecule has 0 fully saturated rings. The van der Waals surface area contributed by atoms with E-state index in [1.807, 2.05) is 4.90 Å². The lowest BCUT2D eigenvalue weighted by Gasteiger charge is -2.22. The normalized spacial score (nSPS) is 10.4. The average Bonchev–Trinajstić information content (AvgIpc) is 2.53. The molecule has 0 atom stereocenters. The number of nitrogens with one attached hydrogen (secondary N) is 1. The Labute approximate surface area is 128 Å². The predicted molar refractivity (Wildman–Crippen MR) is 86.5 cm³/mol. The first-order valence-electron chi connectivity index (χ1n) is 8.08. The summed E-state index contributed by atoms with van der Waals surface area (Å²) in [6.45, 7) is 8.79. The minimum absolute atomic E-state index is 0.00968. The Balaban J connectivity index is 2.76. The first kappa shape index (κ1) is 17.4. The van der Waals surface area contributed by atoms with Gasteiger partial charge in [0.15, 0.2) is 0 Å². The van der Waals surface area contributed by atoms with E-state index >= 15 is 0 Å². The second-order valence-electron chi connectivity index (χ2n) is 5.22. The van der Waals surface area contributed by atoms with Gasteiger partial charge in [0.25, 0.3) is 5.91 Å². The number of nitrogens with zero attached hydrogens (tertiary/aromatic N) is 3. The second-order valence-corrected chi connectivity index (χ2v) is 5.22. The summed E-state index contributed by atoms with van der Waals surface area (Å²) < 4.78 is 0. The molecular formula is C16H28N4O. The van der Waals surface area contributed by atoms with Crippen LogP contribution in [0.1, 0.15) is 63.4 Å². The lowest BCUT2D eigenvalue weighted by Crippen LogP contribution is -2.33. The van der Waals surface area contributed by atoms with Crippen LogP contribution in [0.25, 0.3) is 0 Å². The monoisotopic (exact) mass is 292 g/mol. The molecule has 0 spiro atoms. The standard InChI is InChI=1S/C16H28N4O/c1-4-7-10-20(11-8-5-2)16(21)14-12-17-13-15(19-14)18-9-6-3/h12-13H,4-11H2,1-3H3,(H,18,19). The molecule has 5 nitrogen and oxygen atoms in total. The SMILES string of the molecule is CCCCN(CCCC)C(=O)c1cncc(NCCC)n1. The molecule has 0 saturated carbocycles. The van der Waals surface area contributed by atoms with Crippen LogP contribution in [0.3, 0.4) is 0 Å². The molecule has 0 aliphatic rings. The van der Waals surface area contributed by atoms with E-state index in [1.54, 1.807) is 12.4 Å². The molecule has 0 radical (unpaired) electrons. The third-order valence-electron chi connectivity index (χ3n) is 3.26. The van der Waals surface area contributed by atoms with Gasteiger partial charge >= 0.3 is 0 Å². The van der Waals surface area contributed by atoms with E-state index in [0.717, 1.165) is 51.7 Å². The van der Waals surface area contributed by atoms with Gasteiger partial charge in [0.2, 0.25) is 0 Å². The van der Waals surface area contributed by atoms with E-state index in [2.05, 4.69) is 36.1 Å². The van der Waals surface area contributed by atoms with Crippen molar-refractivity contribution in [3.63, 3.8) is 0 Å². The number of unbranched alkanes of at least 4 members (excludes halogenated alkanes) is 2. The number of carbonyl (C=O) groups excluding carboxylic acids is 1. The third-order valence-corrected chi connectivity index (χ3v) is 3.26. The van der Waals surface area contributed by atoms with Crippen molar-refractivity contribution < 1.29 is 4.79 Å². The third kappa shape index (κ3) is 6.10. The van der Waals surface area contributed by atoms with Crippen LogP contribution in [0.2, 0.25) is 0 Å². The molecule has 0 aliphatic carbocycles. The molecule has 0 aromatic carbocycles. The van der Waals surface area contributed by atoms with Crippen LogP contribution in [0.5, 0.6) is 0 Å². The number of aromatic nitrogens is 2. The van der Waals surface area contributed by atoms with Crippen molar-refractivity contribution >= 4 is 11.7 Å². The van der Waals surface area contributed by atoms with Crippen molar-refractivity contribution in [3.8, 4) is 0 Å². The van der Waals surface area contributed by atoms with Gasteiger partial charge in [-0.05, 0) is 19.3 Å². The van der Waals surface area contributed by atoms with Gasteiger partial charge in [0.05, 0.1) is 12.4 Å². The summed E-state index contributed by atoms with van der Waals surface area (Å²) >= 11 is 0. The maximum absolute atomic E-state index is 12.6. The molecule has 1 N–H and O–H groups in total. The Morgan fingerprint density at radius 2 is 1.76 bits per heavy atom. The molecule has 1 aromatic heterocycles. The zero-order valence-electron chi connectivity index (χ0n) is 13.6. The van der Waals surface area contributed by atoms with Crippen LogP contribution < -0.4 is 5.32 Å². The summed E-state index contributed by atoms with van der Waals surface area (Å²) in [6, 6.07) is 0. The highest BCUT2D eigenvalue weighted by atomic mass is 16.2. The number of carbonyl (C=O) groups is 1. The summed E-state index contributed by atoms with van der Waals surface area (Å²) in [4.78, 5) is 23.0. The molecule has 0 unspecified atom stereocenters. The molecule has 1 aromatic rings. The number of hydrogen-bond donors (Lipinski definition) is 1. The highest BCUT2D eigenvalue weighted by Gasteiger charge is 2.17. The van der Waals surface area contributed by atoms with Gasteiger partial charge < -0.3 is 10.2 Å². The number of anilines is 1. The maximum Gasteiger partial charge on any atom is 0.274 e. The topological polar surface area (TPSA) is 58.1 Å². The fourth-order valence-corrected chi connectivity index (χ4v) is 1.98. The van der Waals surface area contributed by atoms with Gasteiger partial charge in [0.1, 0.15) is 11.5 Å². The number of amides is 1. The predicted octanol–water partition coefficient (Wildman–Crippen LogP) is 3.34. The molecule has 1 amide bonds. The fraction of sp³-hybridized carbons (Fsp3) is 0.688. The molecular weight excluding hydrogens is 264 g/mol. The Bertz CT molecular complexity index is 414. The molecule has 0 bridgehead atoms. The first-order chi connectivity index (χ1) is 10.2. The molecule has 0 aliphatic heterocycles. The second kappa shape index (κ2) is 10.1. The lowest BCUT2D eigenvalue weighted by molar-refractivity contribution is 0.0745. The largest absolute Gasteiger partial charge is 0.369 e. The van der Waals surface area contributed by atoms with E-state index in [9.17, 15) is 4.79 Å². The zero-order chi connectivity index (χ0) is 15.5. The zero-order valence-corrected chi connectivity index (χ0v) is 13.6. The highest BCUT2D eigenvalue weighted by Crippen LogP contribution is 2.08. The average molecular weight is 292 g/mol. The first-order valence-corrected chi connectivity index (χ1v) is 8.08. The molecule has 1 rings (SSSR count). The molecule has 0 saturated heterocycles. The van der Waals surface area contributed by atoms with Crippen LogP contribution in [0.15, 0.2) is 12.4 Å². The molecule has 21 heavy (non-hydrogen) atoms. The van der Waals surface area contributed by atoms with Gasteiger partial charge in [-0.15, -0.1) is 0 Å². The van der Waals surface area contributed by atoms with Crippen molar-refractivity contribution in [2.24, 2.45) is 0 Å². The number of hydrogen-bond acceptors (Lipinski definition) is 4. The Kier molecular flexibility index (Phi) is 8.40. The highest BCUT2D eigenvalue weighted by molar-refractivity contribution is 5.92. The smallest absolute Gasteiger partial charge is 0.274 e. The van der Waals surface area contributed by atoms with Gasteiger partial charge in [-0.25, -0.2) is 4.98 Å². The van der Waals surface area contributed by atoms with Crippen molar-refractivity contribution in [3.05, 3.63) is 18.1 Å². The summed E-state index contributed by atoms with van der Waals surface area (Å²) in [7, 11) is 0. The van der Waals surface area contributed by atoms with Gasteiger partial charge in [-0.2, -0.15) is 0 Å². The number of rotatable bonds is 10. The van der Waals surface area contributed by atoms with Crippen LogP contribution in [-0.2, 0) is 0 Å². The fourth-order valence-electron chi connectivity index (χ4n) is 1.98. The van der Waals surface area contributed by atoms with Crippen molar-refractivity contribution in [2.75, 3.05) is 25.0 Å². The van der Waals surface area contributed by atoms with Crippen molar-refractivity contribution in [1.29, 1.82) is 0 Å². The maximum atomic E-state index is 12.6. The van der Waals surface area contributed by atoms with Gasteiger partial charge in [0, 0.05) is 19.6 Å². The van der Waals surface area contributed by atoms with Crippen LogP contribution in [0, 0.1) is 0 Å². The molecule has 118 valence electrons. The summed E-state index contributed by atoms with van der Waals surface area (Å²) in [5.41, 5.74) is 0.434. The Morgan fingerprint density at radius 3 is 2.33 bits per heavy atom. The van der Waals surface area contributed by atoms with E-state index in [-0.39, 0.29) is 5.91 Å². The summed E-state index contributed by atoms with van der Waals surface area (Å²) in [5, 5.41) is 3.17. The molecule has 1 heterocycles. The summed E-state index contributed by atoms with van der Waals surface area (Å²) in [5.74, 6) is 0.665. The van der Waals surface area contributed by atoms with Gasteiger partial charge in [-0.3, -0.25) is 9.78 Å². The minimum Gasteiger partial charge on any atom is -0.369 e. The van der Waals surface area contributed by atoms with E-state index < -0.39 is 0 Å². The van der Waals surface area contributed by atoms with Crippen LogP contribution in [0.4, 0.5) is 5.82 Å². The van der Waals surface area contributed by atoms with E-state index in [1.165, 1.54) is 0 Å². The summed E-state index contributed by atoms with van der Waals surface area (Å²) in [6.07, 6.45) is 8.45. The Morgan fingerprint density at radius 1 is 1.10 bits per heavy atom. The van der Waals surface area contributed by atoms with Crippen molar-refractivity contribution in [1.82, 2.24) is 14.9 Å². The van der Waals surface area contributed by atoms with Gasteiger partial charge in [-0.1, -0.05) is 33.6 Å². The van der Waals surface area contributed by atoms with E-state index in [4.69, 9.17) is 0 Å². The van der Waals surface area contributed by atoms with E-state index in [0.29, 0.717) is 11.5 Å². The van der Waals surface area contributed by atoms with Crippen molar-refractivity contribution in [2.45, 2.75) is 52.9 Å². The quantitative estimate of drug-likeness (QED) is 0.718. The van der Waals surface area contributed by atoms with Crippen LogP contribution in [-0.4, -0.2) is 40.4 Å². The van der Waals surface area contributed by atoms with Crippen LogP contribution >= 0.6 is 0 Å².